The Morgan fingerprint density at radius 2 is 1.51 bits per heavy atom. The molecule has 2 aromatic carbocycles. The number of nitrogens with zero attached hydrogens (tertiary/aromatic N) is 1. The molecule has 0 fully saturated rings. The average Bonchev–Trinajstić information content (AvgIpc) is 3.66. The number of carboxylic acid groups (broad SMARTS) is 1. The van der Waals surface area contributed by atoms with Gasteiger partial charge in [-0.05, 0) is 29.3 Å². The number of para-hydroxylation sites is 1. The van der Waals surface area contributed by atoms with Gasteiger partial charge in [-0.3, -0.25) is 14.4 Å². The van der Waals surface area contributed by atoms with Crippen LogP contribution >= 0.6 is 0 Å². The smallest absolute Gasteiger partial charge is 0.326 e. The highest BCUT2D eigenvalue weighted by Gasteiger charge is 2.31. The number of imidazole rings is 1. The molecule has 14 heteroatoms. The number of fused-ring (bicyclic) bond motifs is 1. The molecule has 2 aromatic heterocycles. The molecule has 0 saturated carbocycles. The second-order valence-electron chi connectivity index (χ2n) is 10.0. The molecule has 0 saturated heterocycles. The summed E-state index contributed by atoms with van der Waals surface area (Å²) < 4.78 is 0. The molecule has 43 heavy (non-hydrogen) atoms. The highest BCUT2D eigenvalue weighted by Crippen LogP contribution is 2.19. The summed E-state index contributed by atoms with van der Waals surface area (Å²) in [4.78, 5) is 61.1. The predicted molar refractivity (Wildman–Crippen MR) is 155 cm³/mol. The number of aromatic nitrogens is 3. The number of amides is 3. The Balaban J connectivity index is 1.48. The van der Waals surface area contributed by atoms with Crippen molar-refractivity contribution in [2.75, 3.05) is 6.61 Å². The van der Waals surface area contributed by atoms with Gasteiger partial charge in [0.05, 0.1) is 19.0 Å². The van der Waals surface area contributed by atoms with Gasteiger partial charge in [-0.15, -0.1) is 0 Å². The minimum absolute atomic E-state index is 0.00650. The summed E-state index contributed by atoms with van der Waals surface area (Å²) in [6.07, 6.45) is 4.59. The number of aliphatic hydroxyl groups excluding tert-OH is 1. The third-order valence-corrected chi connectivity index (χ3v) is 6.87. The molecule has 0 radical (unpaired) electrons. The van der Waals surface area contributed by atoms with Crippen molar-refractivity contribution in [2.45, 2.75) is 43.4 Å². The third kappa shape index (κ3) is 8.18. The summed E-state index contributed by atoms with van der Waals surface area (Å²) in [5.74, 6) is -3.68. The Morgan fingerprint density at radius 3 is 2.19 bits per heavy atom. The lowest BCUT2D eigenvalue weighted by Gasteiger charge is -2.24. The number of phenolic OH excluding ortho intramolecular Hbond substituents is 1. The van der Waals surface area contributed by atoms with Crippen LogP contribution in [0.4, 0.5) is 0 Å². The molecular weight excluding hydrogens is 558 g/mol. The zero-order chi connectivity index (χ0) is 30.9. The average molecular weight is 592 g/mol. The number of carbonyl (C=O) groups excluding carboxylic acids is 3. The van der Waals surface area contributed by atoms with Crippen molar-refractivity contribution in [3.63, 3.8) is 0 Å². The molecule has 4 aromatic rings. The van der Waals surface area contributed by atoms with Gasteiger partial charge in [-0.1, -0.05) is 30.3 Å². The monoisotopic (exact) mass is 591 g/mol. The van der Waals surface area contributed by atoms with Crippen molar-refractivity contribution in [3.05, 3.63) is 84.1 Å². The first-order chi connectivity index (χ1) is 20.6. The number of phenols is 1. The maximum absolute atomic E-state index is 13.5. The van der Waals surface area contributed by atoms with E-state index in [4.69, 9.17) is 5.73 Å². The number of carbonyl (C=O) groups is 4. The summed E-state index contributed by atoms with van der Waals surface area (Å²) in [6.45, 7) is -0.791. The molecule has 0 aliphatic heterocycles. The predicted octanol–water partition coefficient (Wildman–Crippen LogP) is -0.517. The summed E-state index contributed by atoms with van der Waals surface area (Å²) in [5.41, 5.74) is 8.57. The van der Waals surface area contributed by atoms with Crippen LogP contribution in [0.3, 0.4) is 0 Å². The third-order valence-electron chi connectivity index (χ3n) is 6.87. The Hall–Kier alpha value is -5.21. The molecule has 0 spiro atoms. The Kier molecular flexibility index (Phi) is 10.1. The number of carboxylic acids is 1. The van der Waals surface area contributed by atoms with Crippen molar-refractivity contribution < 1.29 is 34.5 Å². The quantitative estimate of drug-likeness (QED) is 0.0916. The summed E-state index contributed by atoms with van der Waals surface area (Å²) in [7, 11) is 0. The Labute approximate surface area is 245 Å². The maximum Gasteiger partial charge on any atom is 0.326 e. The fourth-order valence-corrected chi connectivity index (χ4v) is 4.54. The number of rotatable bonds is 14. The molecule has 4 atom stereocenters. The van der Waals surface area contributed by atoms with E-state index in [1.54, 1.807) is 18.3 Å². The van der Waals surface area contributed by atoms with Gasteiger partial charge in [0.25, 0.3) is 0 Å². The van der Waals surface area contributed by atoms with Crippen LogP contribution in [-0.2, 0) is 38.4 Å². The standard InChI is InChI=1S/C29H33N7O7/c30-21(11-18-13-31-15-33-18)26(39)36-25(14-37)28(41)34-23(9-16-5-7-19(38)8-6-16)27(40)35-24(29(42)43)10-17-12-32-22-4-2-1-3-20(17)22/h1-8,12-13,15,21,23-25,32,37-38H,9-11,14,30H2,(H,31,33)(H,34,41)(H,35,40)(H,36,39)(H,42,43). The summed E-state index contributed by atoms with van der Waals surface area (Å²) in [5, 5.41) is 37.6. The molecule has 3 amide bonds. The van der Waals surface area contributed by atoms with Crippen molar-refractivity contribution in [1.29, 1.82) is 0 Å². The molecule has 10 N–H and O–H groups in total. The van der Waals surface area contributed by atoms with E-state index in [1.165, 1.54) is 24.7 Å². The lowest BCUT2D eigenvalue weighted by molar-refractivity contribution is -0.142. The number of hydrogen-bond donors (Lipinski definition) is 9. The fourth-order valence-electron chi connectivity index (χ4n) is 4.54. The van der Waals surface area contributed by atoms with Crippen LogP contribution in [0.5, 0.6) is 5.75 Å². The van der Waals surface area contributed by atoms with Gasteiger partial charge in [0.15, 0.2) is 0 Å². The molecule has 2 heterocycles. The van der Waals surface area contributed by atoms with Gasteiger partial charge >= 0.3 is 5.97 Å². The number of benzene rings is 2. The highest BCUT2D eigenvalue weighted by atomic mass is 16.4. The van der Waals surface area contributed by atoms with E-state index in [0.29, 0.717) is 16.8 Å². The van der Waals surface area contributed by atoms with Gasteiger partial charge in [0, 0.05) is 48.3 Å². The van der Waals surface area contributed by atoms with Crippen LogP contribution in [-0.4, -0.2) is 84.7 Å². The van der Waals surface area contributed by atoms with E-state index in [0.717, 1.165) is 10.9 Å². The first-order valence-electron chi connectivity index (χ1n) is 13.4. The van der Waals surface area contributed by atoms with Crippen LogP contribution < -0.4 is 21.7 Å². The number of hydrogen-bond acceptors (Lipinski definition) is 8. The lowest BCUT2D eigenvalue weighted by atomic mass is 10.0. The van der Waals surface area contributed by atoms with E-state index >= 15 is 0 Å². The summed E-state index contributed by atoms with van der Waals surface area (Å²) in [6, 6.07) is 8.09. The van der Waals surface area contributed by atoms with Gasteiger partial charge in [-0.2, -0.15) is 0 Å². The Morgan fingerprint density at radius 1 is 0.837 bits per heavy atom. The fraction of sp³-hybridized carbons (Fsp3) is 0.276. The zero-order valence-corrected chi connectivity index (χ0v) is 23.0. The molecule has 226 valence electrons. The van der Waals surface area contributed by atoms with Gasteiger partial charge in [0.1, 0.15) is 23.9 Å². The first-order valence-corrected chi connectivity index (χ1v) is 13.4. The van der Waals surface area contributed by atoms with Crippen LogP contribution in [0.15, 0.2) is 67.3 Å². The van der Waals surface area contributed by atoms with Gasteiger partial charge in [0.2, 0.25) is 17.7 Å². The number of nitrogens with one attached hydrogen (secondary N) is 5. The van der Waals surface area contributed by atoms with E-state index in [9.17, 15) is 34.5 Å². The van der Waals surface area contributed by atoms with Crippen molar-refractivity contribution >= 4 is 34.6 Å². The molecule has 4 rings (SSSR count). The minimum Gasteiger partial charge on any atom is -0.508 e. The zero-order valence-electron chi connectivity index (χ0n) is 23.0. The molecule has 0 aliphatic carbocycles. The number of aromatic amines is 2. The van der Waals surface area contributed by atoms with Crippen molar-refractivity contribution in [2.24, 2.45) is 5.73 Å². The molecule has 0 bridgehead atoms. The van der Waals surface area contributed by atoms with E-state index < -0.39 is 54.5 Å². The second-order valence-corrected chi connectivity index (χ2v) is 10.0. The minimum atomic E-state index is -1.45. The van der Waals surface area contributed by atoms with E-state index in [-0.39, 0.29) is 25.0 Å². The second kappa shape index (κ2) is 14.1. The van der Waals surface area contributed by atoms with Crippen molar-refractivity contribution in [1.82, 2.24) is 30.9 Å². The first kappa shape index (κ1) is 30.7. The Bertz CT molecular complexity index is 1550. The number of H-pyrrole nitrogens is 2. The SMILES string of the molecule is NC(Cc1cnc[nH]1)C(=O)NC(CO)C(=O)NC(Cc1ccc(O)cc1)C(=O)NC(Cc1c[nH]c2ccccc12)C(=O)O. The lowest BCUT2D eigenvalue weighted by Crippen LogP contribution is -2.58. The van der Waals surface area contributed by atoms with E-state index in [1.807, 2.05) is 24.3 Å². The molecule has 14 nitrogen and oxygen atoms in total. The molecule has 0 aliphatic rings. The van der Waals surface area contributed by atoms with Crippen LogP contribution in [0, 0.1) is 0 Å². The number of nitrogens with two attached hydrogens (primary N) is 1. The van der Waals surface area contributed by atoms with Gasteiger partial charge in [-0.25, -0.2) is 9.78 Å². The number of aliphatic hydroxyl groups is 1. The molecular formula is C29H33N7O7. The largest absolute Gasteiger partial charge is 0.508 e. The summed E-state index contributed by atoms with van der Waals surface area (Å²) >= 11 is 0. The van der Waals surface area contributed by atoms with Crippen LogP contribution in [0.1, 0.15) is 16.8 Å². The van der Waals surface area contributed by atoms with E-state index in [2.05, 4.69) is 30.9 Å². The number of aromatic hydroxyl groups is 1. The van der Waals surface area contributed by atoms with Gasteiger partial charge < -0.3 is 47.0 Å². The van der Waals surface area contributed by atoms with Crippen LogP contribution in [0.25, 0.3) is 10.9 Å². The topological polar surface area (TPSA) is 236 Å². The van der Waals surface area contributed by atoms with Crippen LogP contribution in [0.2, 0.25) is 0 Å². The van der Waals surface area contributed by atoms with Crippen molar-refractivity contribution in [3.8, 4) is 5.75 Å². The maximum atomic E-state index is 13.5. The number of aliphatic carboxylic acids is 1. The highest BCUT2D eigenvalue weighted by molar-refractivity contribution is 5.94. The molecule has 4 unspecified atom stereocenters. The normalized spacial score (nSPS) is 13.9.